The number of benzene rings is 2. The zero-order valence-corrected chi connectivity index (χ0v) is 19.1. The fourth-order valence-electron chi connectivity index (χ4n) is 3.83. The zero-order chi connectivity index (χ0) is 21.8. The summed E-state index contributed by atoms with van der Waals surface area (Å²) in [7, 11) is 0. The van der Waals surface area contributed by atoms with Crippen LogP contribution in [0.2, 0.25) is 0 Å². The molecule has 0 aliphatic carbocycles. The molecule has 0 radical (unpaired) electrons. The summed E-state index contributed by atoms with van der Waals surface area (Å²) in [6.07, 6.45) is 12.9. The molecule has 0 saturated heterocycles. The largest absolute Gasteiger partial charge is 0.508 e. The van der Waals surface area contributed by atoms with Gasteiger partial charge in [0.05, 0.1) is 6.61 Å². The van der Waals surface area contributed by atoms with Crippen molar-refractivity contribution in [3.63, 3.8) is 0 Å². The Balaban J connectivity index is 1.77. The first-order valence-corrected chi connectivity index (χ1v) is 11.7. The Hall–Kier alpha value is -2.16. The molecule has 0 spiro atoms. The third-order valence-corrected chi connectivity index (χ3v) is 6.03. The van der Waals surface area contributed by atoms with Gasteiger partial charge in [-0.1, -0.05) is 96.8 Å². The Bertz CT molecular complexity index is 734. The molecule has 3 heteroatoms. The maximum Gasteiger partial charge on any atom is 0.161 e. The van der Waals surface area contributed by atoms with Gasteiger partial charge in [0.1, 0.15) is 5.75 Å². The van der Waals surface area contributed by atoms with Gasteiger partial charge in [-0.05, 0) is 41.8 Å². The van der Waals surface area contributed by atoms with E-state index in [1.807, 2.05) is 24.3 Å². The van der Waals surface area contributed by atoms with Crippen LogP contribution >= 0.6 is 0 Å². The lowest BCUT2D eigenvalue weighted by Gasteiger charge is -2.27. The maximum atomic E-state index is 10.2. The lowest BCUT2D eigenvalue weighted by Crippen LogP contribution is -2.18. The summed E-state index contributed by atoms with van der Waals surface area (Å²) in [4.78, 5) is 0. The molecule has 166 valence electrons. The molecule has 2 N–H and O–H groups in total. The number of ether oxygens (including phenoxy) is 1. The summed E-state index contributed by atoms with van der Waals surface area (Å²) < 4.78 is 5.91. The molecule has 0 bridgehead atoms. The van der Waals surface area contributed by atoms with Crippen molar-refractivity contribution in [1.29, 1.82) is 0 Å². The van der Waals surface area contributed by atoms with Crippen LogP contribution in [-0.2, 0) is 5.41 Å². The fourth-order valence-corrected chi connectivity index (χ4v) is 3.83. The molecule has 0 aliphatic heterocycles. The number of phenolic OH excluding ortho intramolecular Hbond substituents is 2. The Kier molecular flexibility index (Phi) is 10.1. The number of aromatic hydroxyl groups is 2. The van der Waals surface area contributed by atoms with Crippen molar-refractivity contribution >= 4 is 0 Å². The molecule has 0 atom stereocenters. The molecule has 0 amide bonds. The van der Waals surface area contributed by atoms with Crippen LogP contribution < -0.4 is 4.74 Å². The molecule has 0 heterocycles. The molecule has 2 aromatic carbocycles. The lowest BCUT2D eigenvalue weighted by atomic mass is 9.78. The normalized spacial score (nSPS) is 11.6. The third-order valence-electron chi connectivity index (χ3n) is 6.03. The van der Waals surface area contributed by atoms with Gasteiger partial charge in [-0.25, -0.2) is 0 Å². The summed E-state index contributed by atoms with van der Waals surface area (Å²) in [5.41, 5.74) is 1.92. The first kappa shape index (κ1) is 24.1. The highest BCUT2D eigenvalue weighted by molar-refractivity contribution is 5.48. The first-order chi connectivity index (χ1) is 14.4. The summed E-state index contributed by atoms with van der Waals surface area (Å²) in [6.45, 7) is 7.16. The Morgan fingerprint density at radius 1 is 0.700 bits per heavy atom. The first-order valence-electron chi connectivity index (χ1n) is 11.7. The van der Waals surface area contributed by atoms with Gasteiger partial charge >= 0.3 is 0 Å². The molecule has 30 heavy (non-hydrogen) atoms. The van der Waals surface area contributed by atoms with Crippen LogP contribution in [0.4, 0.5) is 0 Å². The number of rotatable bonds is 14. The van der Waals surface area contributed by atoms with E-state index in [2.05, 4.69) is 20.8 Å². The molecule has 0 aliphatic rings. The van der Waals surface area contributed by atoms with Crippen LogP contribution in [0, 0.1) is 0 Å². The molecule has 0 fully saturated rings. The maximum absolute atomic E-state index is 10.2. The summed E-state index contributed by atoms with van der Waals surface area (Å²) in [5, 5.41) is 19.8. The molecule has 0 saturated carbocycles. The Labute approximate surface area is 183 Å². The van der Waals surface area contributed by atoms with E-state index in [4.69, 9.17) is 4.74 Å². The quantitative estimate of drug-likeness (QED) is 0.312. The number of hydrogen-bond acceptors (Lipinski definition) is 3. The van der Waals surface area contributed by atoms with Gasteiger partial charge in [-0.2, -0.15) is 0 Å². The van der Waals surface area contributed by atoms with E-state index in [0.717, 1.165) is 17.5 Å². The standard InChI is InChI=1S/C27H40O3/c1-4-5-6-7-8-9-10-11-12-13-20-30-26-21-23(16-19-25(26)29)27(2,3)22-14-17-24(28)18-15-22/h14-19,21,28-29H,4-13,20H2,1-3H3. The van der Waals surface area contributed by atoms with Gasteiger partial charge in [-0.3, -0.25) is 0 Å². The van der Waals surface area contributed by atoms with E-state index in [-0.39, 0.29) is 16.9 Å². The van der Waals surface area contributed by atoms with E-state index in [0.29, 0.717) is 12.4 Å². The minimum absolute atomic E-state index is 0.187. The van der Waals surface area contributed by atoms with Gasteiger partial charge in [0.2, 0.25) is 0 Å². The van der Waals surface area contributed by atoms with Crippen molar-refractivity contribution < 1.29 is 14.9 Å². The Morgan fingerprint density at radius 2 is 1.23 bits per heavy atom. The summed E-state index contributed by atoms with van der Waals surface area (Å²) in [6, 6.07) is 12.9. The number of phenols is 2. The fraction of sp³-hybridized carbons (Fsp3) is 0.556. The highest BCUT2D eigenvalue weighted by Gasteiger charge is 2.24. The van der Waals surface area contributed by atoms with Gasteiger partial charge in [0, 0.05) is 5.41 Å². The van der Waals surface area contributed by atoms with Crippen molar-refractivity contribution in [2.24, 2.45) is 0 Å². The summed E-state index contributed by atoms with van der Waals surface area (Å²) in [5.74, 6) is 1.00. The molecule has 0 unspecified atom stereocenters. The molecular weight excluding hydrogens is 372 g/mol. The third kappa shape index (κ3) is 7.59. The minimum atomic E-state index is -0.253. The second kappa shape index (κ2) is 12.5. The van der Waals surface area contributed by atoms with E-state index in [9.17, 15) is 10.2 Å². The lowest BCUT2D eigenvalue weighted by molar-refractivity contribution is 0.288. The molecule has 3 nitrogen and oxygen atoms in total. The van der Waals surface area contributed by atoms with E-state index >= 15 is 0 Å². The SMILES string of the molecule is CCCCCCCCCCCCOc1cc(C(C)(C)c2ccc(O)cc2)ccc1O. The predicted octanol–water partition coefficient (Wildman–Crippen LogP) is 7.72. The zero-order valence-electron chi connectivity index (χ0n) is 19.1. The van der Waals surface area contributed by atoms with E-state index < -0.39 is 0 Å². The van der Waals surface area contributed by atoms with Gasteiger partial charge in [-0.15, -0.1) is 0 Å². The number of unbranched alkanes of at least 4 members (excludes halogenated alkanes) is 9. The second-order valence-corrected chi connectivity index (χ2v) is 8.88. The minimum Gasteiger partial charge on any atom is -0.508 e. The second-order valence-electron chi connectivity index (χ2n) is 8.88. The number of hydrogen-bond donors (Lipinski definition) is 2. The average Bonchev–Trinajstić information content (AvgIpc) is 2.73. The van der Waals surface area contributed by atoms with Crippen LogP contribution in [-0.4, -0.2) is 16.8 Å². The smallest absolute Gasteiger partial charge is 0.161 e. The van der Waals surface area contributed by atoms with E-state index in [1.54, 1.807) is 18.2 Å². The van der Waals surface area contributed by atoms with Crippen LogP contribution in [0.5, 0.6) is 17.2 Å². The highest BCUT2D eigenvalue weighted by Crippen LogP contribution is 2.37. The monoisotopic (exact) mass is 412 g/mol. The van der Waals surface area contributed by atoms with Gasteiger partial charge < -0.3 is 14.9 Å². The van der Waals surface area contributed by atoms with Gasteiger partial charge in [0.15, 0.2) is 11.5 Å². The van der Waals surface area contributed by atoms with Crippen LogP contribution in [0.15, 0.2) is 42.5 Å². The van der Waals surface area contributed by atoms with Crippen molar-refractivity contribution in [3.8, 4) is 17.2 Å². The molecule has 0 aromatic heterocycles. The average molecular weight is 413 g/mol. The van der Waals surface area contributed by atoms with Crippen molar-refractivity contribution in [3.05, 3.63) is 53.6 Å². The van der Waals surface area contributed by atoms with E-state index in [1.165, 1.54) is 57.8 Å². The molecule has 2 rings (SSSR count). The molecular formula is C27H40O3. The highest BCUT2D eigenvalue weighted by atomic mass is 16.5. The van der Waals surface area contributed by atoms with Crippen LogP contribution in [0.1, 0.15) is 96.1 Å². The topological polar surface area (TPSA) is 49.7 Å². The molecule has 2 aromatic rings. The van der Waals surface area contributed by atoms with Crippen molar-refractivity contribution in [2.75, 3.05) is 6.61 Å². The van der Waals surface area contributed by atoms with Crippen LogP contribution in [0.25, 0.3) is 0 Å². The van der Waals surface area contributed by atoms with Crippen molar-refractivity contribution in [2.45, 2.75) is 90.4 Å². The summed E-state index contributed by atoms with van der Waals surface area (Å²) >= 11 is 0. The van der Waals surface area contributed by atoms with Crippen LogP contribution in [0.3, 0.4) is 0 Å². The Morgan fingerprint density at radius 3 is 1.83 bits per heavy atom. The van der Waals surface area contributed by atoms with Gasteiger partial charge in [0.25, 0.3) is 0 Å². The van der Waals surface area contributed by atoms with Crippen molar-refractivity contribution in [1.82, 2.24) is 0 Å². The predicted molar refractivity (Wildman–Crippen MR) is 126 cm³/mol.